The van der Waals surface area contributed by atoms with Gasteiger partial charge in [0.05, 0.1) is 0 Å². The van der Waals surface area contributed by atoms with Gasteiger partial charge in [-0.1, -0.05) is 45.0 Å². The molecule has 0 aliphatic rings. The third-order valence-electron chi connectivity index (χ3n) is 4.94. The molecule has 0 atom stereocenters. The third-order valence-corrected chi connectivity index (χ3v) is 9.28. The van der Waals surface area contributed by atoms with E-state index in [2.05, 4.69) is 64.7 Å². The maximum absolute atomic E-state index is 10.7. The molecule has 0 amide bonds. The summed E-state index contributed by atoms with van der Waals surface area (Å²) in [5.41, 5.74) is 1.78. The minimum atomic E-state index is -2.02. The minimum Gasteiger partial charge on any atom is -0.542 e. The molecule has 0 radical (unpaired) electrons. The first-order valence-electron chi connectivity index (χ1n) is 8.90. The maximum atomic E-state index is 10.7. The van der Waals surface area contributed by atoms with Crippen molar-refractivity contribution in [3.63, 3.8) is 0 Å². The zero-order chi connectivity index (χ0) is 18.8. The summed E-state index contributed by atoms with van der Waals surface area (Å²) in [7, 11) is -2.02. The second-order valence-electron chi connectivity index (χ2n) is 8.29. The van der Waals surface area contributed by atoms with E-state index in [4.69, 9.17) is 4.43 Å². The van der Waals surface area contributed by atoms with Crippen LogP contribution in [0.2, 0.25) is 18.1 Å². The van der Waals surface area contributed by atoms with E-state index in [0.717, 1.165) is 17.1 Å². The molecular weight excluding hydrogens is 326 g/mol. The van der Waals surface area contributed by atoms with Gasteiger partial charge in [0, 0.05) is 11.7 Å². The number of nitrogens with zero attached hydrogens (tertiary/aromatic N) is 1. The highest BCUT2D eigenvalue weighted by Gasteiger charge is 2.40. The Hall–Kier alpha value is -1.94. The second-order valence-corrected chi connectivity index (χ2v) is 13.0. The summed E-state index contributed by atoms with van der Waals surface area (Å²) in [4.78, 5) is 2.14. The van der Waals surface area contributed by atoms with E-state index in [1.807, 2.05) is 30.3 Å². The lowest BCUT2D eigenvalue weighted by Crippen LogP contribution is -2.44. The van der Waals surface area contributed by atoms with E-state index in [1.165, 1.54) is 0 Å². The molecule has 2 rings (SSSR count). The van der Waals surface area contributed by atoms with Crippen LogP contribution in [-0.4, -0.2) is 19.5 Å². The van der Waals surface area contributed by atoms with Gasteiger partial charge in [0.2, 0.25) is 0 Å². The molecule has 3 nitrogen and oxygen atoms in total. The van der Waals surface area contributed by atoms with Crippen molar-refractivity contribution in [3.8, 4) is 11.5 Å². The molecule has 0 aromatic heterocycles. The van der Waals surface area contributed by atoms with Crippen molar-refractivity contribution in [1.82, 2.24) is 0 Å². The van der Waals surface area contributed by atoms with Gasteiger partial charge in [0.15, 0.2) is 0 Å². The Balaban J connectivity index is 2.57. The van der Waals surface area contributed by atoms with Crippen molar-refractivity contribution in [3.05, 3.63) is 48.5 Å². The fraction of sp³-hybridized carbons (Fsp3) is 0.429. The quantitative estimate of drug-likeness (QED) is 0.635. The molecule has 0 fully saturated rings. The third kappa shape index (κ3) is 4.18. The van der Waals surface area contributed by atoms with Crippen LogP contribution in [0.3, 0.4) is 0 Å². The lowest BCUT2D eigenvalue weighted by molar-refractivity contribution is 0.460. The van der Waals surface area contributed by atoms with Gasteiger partial charge in [-0.3, -0.25) is 0 Å². The molecule has 0 aliphatic heterocycles. The lowest BCUT2D eigenvalue weighted by Gasteiger charge is -2.39. The topological polar surface area (TPSA) is 32.7 Å². The van der Waals surface area contributed by atoms with Crippen LogP contribution in [0, 0.1) is 0 Å². The summed E-state index contributed by atoms with van der Waals surface area (Å²) in [6, 6.07) is 15.9. The highest BCUT2D eigenvalue weighted by Crippen LogP contribution is 2.45. The summed E-state index contributed by atoms with van der Waals surface area (Å²) in [5.74, 6) is 0.998. The minimum absolute atomic E-state index is 0.0884. The zero-order valence-electron chi connectivity index (χ0n) is 16.5. The number of aromatic hydroxyl groups is 1. The molecule has 2 aromatic carbocycles. The van der Waals surface area contributed by atoms with Gasteiger partial charge in [0.1, 0.15) is 17.2 Å². The van der Waals surface area contributed by atoms with Crippen LogP contribution in [0.25, 0.3) is 0 Å². The number of para-hydroxylation sites is 2. The molecule has 25 heavy (non-hydrogen) atoms. The van der Waals surface area contributed by atoms with Gasteiger partial charge in [0.25, 0.3) is 8.32 Å². The molecule has 0 spiro atoms. The van der Waals surface area contributed by atoms with Crippen LogP contribution in [-0.2, 0) is 0 Å². The predicted octanol–water partition coefficient (Wildman–Crippen LogP) is 6.32. The van der Waals surface area contributed by atoms with Gasteiger partial charge in [-0.05, 0) is 56.2 Å². The van der Waals surface area contributed by atoms with E-state index in [0.29, 0.717) is 0 Å². The monoisotopic (exact) mass is 357 g/mol. The molecule has 0 bridgehead atoms. The number of hydrogen-bond donors (Lipinski definition) is 1. The first-order chi connectivity index (χ1) is 11.5. The van der Waals surface area contributed by atoms with Crippen molar-refractivity contribution in [1.29, 1.82) is 0 Å². The van der Waals surface area contributed by atoms with Crippen molar-refractivity contribution in [2.24, 2.45) is 0 Å². The van der Waals surface area contributed by atoms with Crippen molar-refractivity contribution < 1.29 is 9.53 Å². The van der Waals surface area contributed by atoms with Gasteiger partial charge in [-0.2, -0.15) is 0 Å². The Bertz CT molecular complexity index is 706. The Kier molecular flexibility index (Phi) is 5.52. The standard InChI is InChI=1S/C21H31NO2Si/c1-16(2)22(17-12-9-8-10-13-17)20-18(23)14-11-15-19(20)24-25(6,7)21(3,4)5/h8-16,23H,1-7H3. The highest BCUT2D eigenvalue weighted by molar-refractivity contribution is 6.74. The van der Waals surface area contributed by atoms with Crippen molar-refractivity contribution in [2.45, 2.75) is 58.8 Å². The van der Waals surface area contributed by atoms with Crippen LogP contribution in [0.4, 0.5) is 11.4 Å². The second kappa shape index (κ2) is 7.12. The largest absolute Gasteiger partial charge is 0.542 e. The van der Waals surface area contributed by atoms with Gasteiger partial charge in [-0.25, -0.2) is 0 Å². The Morgan fingerprint density at radius 1 is 0.960 bits per heavy atom. The van der Waals surface area contributed by atoms with E-state index < -0.39 is 8.32 Å². The van der Waals surface area contributed by atoms with Crippen molar-refractivity contribution in [2.75, 3.05) is 4.90 Å². The summed E-state index contributed by atoms with van der Waals surface area (Å²) >= 11 is 0. The average Bonchev–Trinajstić information content (AvgIpc) is 2.49. The van der Waals surface area contributed by atoms with Crippen LogP contribution in [0.15, 0.2) is 48.5 Å². The molecule has 0 heterocycles. The van der Waals surface area contributed by atoms with Crippen LogP contribution in [0.5, 0.6) is 11.5 Å². The Morgan fingerprint density at radius 2 is 1.56 bits per heavy atom. The number of anilines is 2. The molecule has 0 saturated carbocycles. The van der Waals surface area contributed by atoms with Crippen LogP contribution in [0.1, 0.15) is 34.6 Å². The van der Waals surface area contributed by atoms with Gasteiger partial charge < -0.3 is 14.4 Å². The molecule has 136 valence electrons. The number of hydrogen-bond acceptors (Lipinski definition) is 3. The fourth-order valence-electron chi connectivity index (χ4n) is 2.54. The summed E-state index contributed by atoms with van der Waals surface area (Å²) in [6.07, 6.45) is 0. The first-order valence-corrected chi connectivity index (χ1v) is 11.8. The molecule has 1 N–H and O–H groups in total. The lowest BCUT2D eigenvalue weighted by atomic mass is 10.1. The van der Waals surface area contributed by atoms with E-state index in [1.54, 1.807) is 6.07 Å². The van der Waals surface area contributed by atoms with Gasteiger partial charge in [-0.15, -0.1) is 0 Å². The normalized spacial score (nSPS) is 12.3. The summed E-state index contributed by atoms with van der Waals surface area (Å²) in [5, 5.41) is 10.8. The van der Waals surface area contributed by atoms with Crippen LogP contribution >= 0.6 is 0 Å². The number of benzene rings is 2. The Morgan fingerprint density at radius 3 is 2.08 bits per heavy atom. The molecule has 0 unspecified atom stereocenters. The molecular formula is C21H31NO2Si. The van der Waals surface area contributed by atoms with Crippen LogP contribution < -0.4 is 9.33 Å². The molecule has 0 aliphatic carbocycles. The van der Waals surface area contributed by atoms with Crippen molar-refractivity contribution >= 4 is 19.7 Å². The smallest absolute Gasteiger partial charge is 0.250 e. The Labute approximate surface area is 153 Å². The average molecular weight is 358 g/mol. The molecule has 2 aromatic rings. The van der Waals surface area contributed by atoms with E-state index >= 15 is 0 Å². The maximum Gasteiger partial charge on any atom is 0.250 e. The fourth-order valence-corrected chi connectivity index (χ4v) is 3.56. The summed E-state index contributed by atoms with van der Waals surface area (Å²) in [6.45, 7) is 15.4. The molecule has 0 saturated heterocycles. The zero-order valence-corrected chi connectivity index (χ0v) is 17.5. The highest BCUT2D eigenvalue weighted by atomic mass is 28.4. The predicted molar refractivity (Wildman–Crippen MR) is 110 cm³/mol. The van der Waals surface area contributed by atoms with E-state index in [-0.39, 0.29) is 16.8 Å². The van der Waals surface area contributed by atoms with E-state index in [9.17, 15) is 5.11 Å². The number of phenolic OH excluding ortho intramolecular Hbond substituents is 1. The SMILES string of the molecule is CC(C)N(c1ccccc1)c1c(O)cccc1O[Si](C)(C)C(C)(C)C. The number of rotatable bonds is 5. The number of phenols is 1. The summed E-state index contributed by atoms with van der Waals surface area (Å²) < 4.78 is 6.57. The van der Waals surface area contributed by atoms with Gasteiger partial charge >= 0.3 is 0 Å². The first kappa shape index (κ1) is 19.4. The molecule has 4 heteroatoms.